The van der Waals surface area contributed by atoms with E-state index in [1.54, 1.807) is 4.40 Å². The van der Waals surface area contributed by atoms with Gasteiger partial charge in [-0.25, -0.2) is 4.79 Å². The molecule has 0 saturated heterocycles. The van der Waals surface area contributed by atoms with E-state index in [1.165, 1.54) is 5.69 Å². The van der Waals surface area contributed by atoms with Gasteiger partial charge in [-0.2, -0.15) is 0 Å². The van der Waals surface area contributed by atoms with Crippen LogP contribution in [0.4, 0.5) is 10.7 Å². The topological polar surface area (TPSA) is 76.2 Å². The van der Waals surface area contributed by atoms with Crippen LogP contribution in [0.25, 0.3) is 5.65 Å². The highest BCUT2D eigenvalue weighted by molar-refractivity contribution is 5.87. The van der Waals surface area contributed by atoms with Crippen LogP contribution in [0, 0.1) is 0 Å². The normalized spacial score (nSPS) is 12.3. The summed E-state index contributed by atoms with van der Waals surface area (Å²) in [6.07, 6.45) is 5.62. The third kappa shape index (κ3) is 3.50. The number of rotatable bonds is 5. The number of pyridine rings is 1. The highest BCUT2D eigenvalue weighted by atomic mass is 16.2. The van der Waals surface area contributed by atoms with Gasteiger partial charge in [-0.1, -0.05) is 6.07 Å². The average molecular weight is 312 g/mol. The fourth-order valence-electron chi connectivity index (χ4n) is 2.48. The minimum atomic E-state index is -0.275. The average Bonchev–Trinajstić information content (AvgIpc) is 3.12. The minimum absolute atomic E-state index is 0.0593. The molecule has 2 N–H and O–H groups in total. The molecule has 0 bridgehead atoms. The molecule has 0 aliphatic heterocycles. The SMILES string of the molecule is C[C@H](CCc1cccn1C)NC(=O)Nc1nnc2ccccn12. The van der Waals surface area contributed by atoms with E-state index in [1.807, 2.05) is 50.6 Å². The fourth-order valence-corrected chi connectivity index (χ4v) is 2.48. The van der Waals surface area contributed by atoms with Crippen molar-refractivity contribution in [2.24, 2.45) is 7.05 Å². The van der Waals surface area contributed by atoms with Crippen LogP contribution in [-0.4, -0.2) is 31.2 Å². The Hall–Kier alpha value is -2.83. The van der Waals surface area contributed by atoms with E-state index in [-0.39, 0.29) is 12.1 Å². The van der Waals surface area contributed by atoms with Gasteiger partial charge in [-0.05, 0) is 44.0 Å². The predicted molar refractivity (Wildman–Crippen MR) is 88.3 cm³/mol. The second-order valence-corrected chi connectivity index (χ2v) is 5.60. The molecule has 120 valence electrons. The van der Waals surface area contributed by atoms with Crippen molar-refractivity contribution in [1.82, 2.24) is 24.5 Å². The van der Waals surface area contributed by atoms with Crippen LogP contribution in [-0.2, 0) is 13.5 Å². The molecule has 7 heteroatoms. The van der Waals surface area contributed by atoms with Crippen LogP contribution in [0.2, 0.25) is 0 Å². The molecule has 23 heavy (non-hydrogen) atoms. The van der Waals surface area contributed by atoms with Gasteiger partial charge in [0.15, 0.2) is 5.65 Å². The second kappa shape index (κ2) is 6.51. The van der Waals surface area contributed by atoms with Crippen LogP contribution in [0.15, 0.2) is 42.7 Å². The lowest BCUT2D eigenvalue weighted by molar-refractivity contribution is 0.248. The quantitative estimate of drug-likeness (QED) is 0.758. The van der Waals surface area contributed by atoms with Gasteiger partial charge in [0.2, 0.25) is 5.95 Å². The number of aryl methyl sites for hydroxylation is 2. The first-order chi connectivity index (χ1) is 11.1. The van der Waals surface area contributed by atoms with Gasteiger partial charge in [-0.15, -0.1) is 10.2 Å². The number of carbonyl (C=O) groups excluding carboxylic acids is 1. The van der Waals surface area contributed by atoms with Crippen LogP contribution in [0.1, 0.15) is 19.0 Å². The van der Waals surface area contributed by atoms with E-state index in [4.69, 9.17) is 0 Å². The highest BCUT2D eigenvalue weighted by Gasteiger charge is 2.11. The molecule has 3 aromatic rings. The summed E-state index contributed by atoms with van der Waals surface area (Å²) in [5, 5.41) is 13.6. The molecule has 0 saturated carbocycles. The van der Waals surface area contributed by atoms with Gasteiger partial charge < -0.3 is 9.88 Å². The first-order valence-corrected chi connectivity index (χ1v) is 7.61. The largest absolute Gasteiger partial charge is 0.354 e. The standard InChI is InChI=1S/C16H20N6O/c1-12(8-9-13-6-5-10-21(13)2)17-16(23)18-15-20-19-14-7-3-4-11-22(14)15/h3-7,10-12H,8-9H2,1-2H3,(H2,17,18,20,23)/t12-/m1/s1. The Morgan fingerprint density at radius 3 is 2.87 bits per heavy atom. The molecule has 0 aliphatic rings. The number of anilines is 1. The lowest BCUT2D eigenvalue weighted by Gasteiger charge is -2.14. The summed E-state index contributed by atoms with van der Waals surface area (Å²) in [7, 11) is 2.02. The summed E-state index contributed by atoms with van der Waals surface area (Å²) < 4.78 is 3.82. The first-order valence-electron chi connectivity index (χ1n) is 7.61. The molecule has 0 aromatic carbocycles. The molecular weight excluding hydrogens is 292 g/mol. The van der Waals surface area contributed by atoms with E-state index in [0.29, 0.717) is 11.6 Å². The smallest absolute Gasteiger partial charge is 0.321 e. The Labute approximate surface area is 134 Å². The minimum Gasteiger partial charge on any atom is -0.354 e. The number of carbonyl (C=O) groups is 1. The van der Waals surface area contributed by atoms with Gasteiger partial charge >= 0.3 is 6.03 Å². The maximum Gasteiger partial charge on any atom is 0.321 e. The van der Waals surface area contributed by atoms with E-state index in [0.717, 1.165) is 12.8 Å². The lowest BCUT2D eigenvalue weighted by Crippen LogP contribution is -2.36. The highest BCUT2D eigenvalue weighted by Crippen LogP contribution is 2.08. The molecule has 1 atom stereocenters. The summed E-state index contributed by atoms with van der Waals surface area (Å²) >= 11 is 0. The summed E-state index contributed by atoms with van der Waals surface area (Å²) in [5.74, 6) is 0.410. The number of nitrogens with zero attached hydrogens (tertiary/aromatic N) is 4. The van der Waals surface area contributed by atoms with Crippen LogP contribution < -0.4 is 10.6 Å². The number of amides is 2. The molecule has 3 aromatic heterocycles. The maximum atomic E-state index is 12.1. The lowest BCUT2D eigenvalue weighted by atomic mass is 10.1. The van der Waals surface area contributed by atoms with Gasteiger partial charge in [0, 0.05) is 31.2 Å². The molecule has 0 fully saturated rings. The second-order valence-electron chi connectivity index (χ2n) is 5.60. The molecule has 0 unspecified atom stereocenters. The molecular formula is C16H20N6O. The molecule has 2 amide bonds. The van der Waals surface area contributed by atoms with Gasteiger partial charge in [-0.3, -0.25) is 9.72 Å². The van der Waals surface area contributed by atoms with Crippen LogP contribution in [0.3, 0.4) is 0 Å². The van der Waals surface area contributed by atoms with Crippen molar-refractivity contribution >= 4 is 17.6 Å². The van der Waals surface area contributed by atoms with Gasteiger partial charge in [0.25, 0.3) is 0 Å². The zero-order valence-electron chi connectivity index (χ0n) is 13.2. The molecule has 0 aliphatic carbocycles. The zero-order chi connectivity index (χ0) is 16.2. The van der Waals surface area contributed by atoms with Gasteiger partial charge in [0.05, 0.1) is 0 Å². The third-order valence-electron chi connectivity index (χ3n) is 3.80. The fraction of sp³-hybridized carbons (Fsp3) is 0.312. The number of aromatic nitrogens is 4. The number of hydrogen-bond acceptors (Lipinski definition) is 3. The van der Waals surface area contributed by atoms with Crippen molar-refractivity contribution in [3.8, 4) is 0 Å². The Morgan fingerprint density at radius 1 is 1.22 bits per heavy atom. The van der Waals surface area contributed by atoms with E-state index < -0.39 is 0 Å². The van der Waals surface area contributed by atoms with E-state index >= 15 is 0 Å². The van der Waals surface area contributed by atoms with Gasteiger partial charge in [0.1, 0.15) is 0 Å². The Morgan fingerprint density at radius 2 is 2.09 bits per heavy atom. The Balaban J connectivity index is 1.53. The molecule has 3 heterocycles. The van der Waals surface area contributed by atoms with Crippen molar-refractivity contribution < 1.29 is 4.79 Å². The Kier molecular flexibility index (Phi) is 4.27. The van der Waals surface area contributed by atoms with E-state index in [9.17, 15) is 4.79 Å². The molecule has 0 radical (unpaired) electrons. The molecule has 0 spiro atoms. The molecule has 7 nitrogen and oxygen atoms in total. The van der Waals surface area contributed by atoms with Crippen LogP contribution >= 0.6 is 0 Å². The van der Waals surface area contributed by atoms with Crippen molar-refractivity contribution in [2.45, 2.75) is 25.8 Å². The maximum absolute atomic E-state index is 12.1. The summed E-state index contributed by atoms with van der Waals surface area (Å²) in [6, 6.07) is 9.47. The number of hydrogen-bond donors (Lipinski definition) is 2. The molecule has 3 rings (SSSR count). The summed E-state index contributed by atoms with van der Waals surface area (Å²) in [6.45, 7) is 1.99. The van der Waals surface area contributed by atoms with E-state index in [2.05, 4.69) is 31.5 Å². The van der Waals surface area contributed by atoms with Crippen molar-refractivity contribution in [1.29, 1.82) is 0 Å². The van der Waals surface area contributed by atoms with Crippen molar-refractivity contribution in [3.63, 3.8) is 0 Å². The first kappa shape index (κ1) is 15.1. The monoisotopic (exact) mass is 312 g/mol. The summed E-state index contributed by atoms with van der Waals surface area (Å²) in [5.41, 5.74) is 1.95. The number of urea groups is 1. The number of fused-ring (bicyclic) bond motifs is 1. The number of nitrogens with one attached hydrogen (secondary N) is 2. The van der Waals surface area contributed by atoms with Crippen molar-refractivity contribution in [2.75, 3.05) is 5.32 Å². The summed E-state index contributed by atoms with van der Waals surface area (Å²) in [4.78, 5) is 12.1. The Bertz CT molecular complexity index is 806. The van der Waals surface area contributed by atoms with Crippen LogP contribution in [0.5, 0.6) is 0 Å². The third-order valence-corrected chi connectivity index (χ3v) is 3.80. The van der Waals surface area contributed by atoms with Crippen molar-refractivity contribution in [3.05, 3.63) is 48.4 Å². The predicted octanol–water partition coefficient (Wildman–Crippen LogP) is 2.21. The zero-order valence-corrected chi connectivity index (χ0v) is 13.2.